The van der Waals surface area contributed by atoms with Crippen LogP contribution in [0.3, 0.4) is 0 Å². The Kier molecular flexibility index (Phi) is 4.07. The Hall–Kier alpha value is -0.0400. The van der Waals surface area contributed by atoms with E-state index in [1.165, 1.54) is 32.2 Å². The van der Waals surface area contributed by atoms with Gasteiger partial charge in [-0.05, 0) is 51.0 Å². The second-order valence-corrected chi connectivity index (χ2v) is 4.72. The molecule has 0 radical (unpaired) electrons. The number of nitrogens with one attached hydrogen (secondary N) is 1. The van der Waals surface area contributed by atoms with Gasteiger partial charge in [-0.25, -0.2) is 0 Å². The first-order valence-corrected chi connectivity index (χ1v) is 5.42. The second-order valence-electron chi connectivity index (χ2n) is 4.72. The van der Waals surface area contributed by atoms with Crippen LogP contribution in [0.25, 0.3) is 0 Å². The van der Waals surface area contributed by atoms with Crippen LogP contribution in [0.2, 0.25) is 0 Å². The SMILES string of the molecule is CC(C)CCC(C)NCC1CC1. The van der Waals surface area contributed by atoms with Gasteiger partial charge in [-0.1, -0.05) is 13.8 Å². The molecule has 0 bridgehead atoms. The molecule has 0 amide bonds. The van der Waals surface area contributed by atoms with Crippen LogP contribution in [-0.4, -0.2) is 12.6 Å². The zero-order chi connectivity index (χ0) is 8.97. The highest BCUT2D eigenvalue weighted by Crippen LogP contribution is 2.27. The minimum atomic E-state index is 0.730. The van der Waals surface area contributed by atoms with Crippen molar-refractivity contribution in [2.24, 2.45) is 11.8 Å². The van der Waals surface area contributed by atoms with Gasteiger partial charge in [0.15, 0.2) is 0 Å². The summed E-state index contributed by atoms with van der Waals surface area (Å²) in [5, 5.41) is 3.60. The summed E-state index contributed by atoms with van der Waals surface area (Å²) in [5.74, 6) is 1.88. The fourth-order valence-corrected chi connectivity index (χ4v) is 1.38. The standard InChI is InChI=1S/C11H23N/c1-9(2)4-5-10(3)12-8-11-6-7-11/h9-12H,4-8H2,1-3H3. The van der Waals surface area contributed by atoms with E-state index in [4.69, 9.17) is 0 Å². The van der Waals surface area contributed by atoms with Crippen molar-refractivity contribution in [2.75, 3.05) is 6.54 Å². The Labute approximate surface area is 76.9 Å². The third-order valence-corrected chi connectivity index (χ3v) is 2.63. The molecule has 0 aliphatic heterocycles. The van der Waals surface area contributed by atoms with E-state index in [-0.39, 0.29) is 0 Å². The van der Waals surface area contributed by atoms with E-state index in [0.29, 0.717) is 0 Å². The Morgan fingerprint density at radius 3 is 2.33 bits per heavy atom. The van der Waals surface area contributed by atoms with Crippen LogP contribution in [-0.2, 0) is 0 Å². The molecule has 0 spiro atoms. The number of hydrogen-bond donors (Lipinski definition) is 1. The van der Waals surface area contributed by atoms with Crippen LogP contribution in [0.4, 0.5) is 0 Å². The van der Waals surface area contributed by atoms with Crippen molar-refractivity contribution in [1.82, 2.24) is 5.32 Å². The maximum absolute atomic E-state index is 3.60. The zero-order valence-electron chi connectivity index (χ0n) is 8.77. The highest BCUT2D eigenvalue weighted by Gasteiger charge is 2.21. The van der Waals surface area contributed by atoms with Gasteiger partial charge in [0.05, 0.1) is 0 Å². The molecular formula is C11H23N. The van der Waals surface area contributed by atoms with E-state index in [1.807, 2.05) is 0 Å². The lowest BCUT2D eigenvalue weighted by Crippen LogP contribution is -2.28. The van der Waals surface area contributed by atoms with Gasteiger partial charge in [-0.3, -0.25) is 0 Å². The van der Waals surface area contributed by atoms with Crippen molar-refractivity contribution in [3.63, 3.8) is 0 Å². The molecule has 1 aliphatic carbocycles. The summed E-state index contributed by atoms with van der Waals surface area (Å²) >= 11 is 0. The van der Waals surface area contributed by atoms with E-state index >= 15 is 0 Å². The van der Waals surface area contributed by atoms with E-state index in [1.54, 1.807) is 0 Å². The summed E-state index contributed by atoms with van der Waals surface area (Å²) in [4.78, 5) is 0. The van der Waals surface area contributed by atoms with Gasteiger partial charge in [0.25, 0.3) is 0 Å². The summed E-state index contributed by atoms with van der Waals surface area (Å²) < 4.78 is 0. The Balaban J connectivity index is 1.91. The van der Waals surface area contributed by atoms with E-state index in [0.717, 1.165) is 17.9 Å². The monoisotopic (exact) mass is 169 g/mol. The molecule has 72 valence electrons. The van der Waals surface area contributed by atoms with Crippen LogP contribution in [0.1, 0.15) is 46.5 Å². The molecule has 0 aromatic heterocycles. The first-order chi connectivity index (χ1) is 5.68. The Morgan fingerprint density at radius 1 is 1.17 bits per heavy atom. The Bertz CT molecular complexity index is 110. The van der Waals surface area contributed by atoms with Crippen molar-refractivity contribution >= 4 is 0 Å². The molecule has 1 rings (SSSR count). The molecule has 12 heavy (non-hydrogen) atoms. The lowest BCUT2D eigenvalue weighted by atomic mass is 10.0. The summed E-state index contributed by atoms with van der Waals surface area (Å²) in [5.41, 5.74) is 0. The van der Waals surface area contributed by atoms with Crippen molar-refractivity contribution in [2.45, 2.75) is 52.5 Å². The molecule has 1 nitrogen and oxygen atoms in total. The molecule has 1 saturated carbocycles. The highest BCUT2D eigenvalue weighted by molar-refractivity contribution is 4.76. The van der Waals surface area contributed by atoms with Crippen molar-refractivity contribution in [3.8, 4) is 0 Å². The maximum Gasteiger partial charge on any atom is 0.00389 e. The topological polar surface area (TPSA) is 12.0 Å². The van der Waals surface area contributed by atoms with Crippen LogP contribution in [0.5, 0.6) is 0 Å². The van der Waals surface area contributed by atoms with Gasteiger partial charge in [0.2, 0.25) is 0 Å². The smallest absolute Gasteiger partial charge is 0.00389 e. The molecule has 1 atom stereocenters. The van der Waals surface area contributed by atoms with E-state index in [2.05, 4.69) is 26.1 Å². The largest absolute Gasteiger partial charge is 0.314 e. The lowest BCUT2D eigenvalue weighted by Gasteiger charge is -2.14. The predicted molar refractivity (Wildman–Crippen MR) is 54.3 cm³/mol. The summed E-state index contributed by atoms with van der Waals surface area (Å²) in [6.45, 7) is 8.17. The minimum absolute atomic E-state index is 0.730. The molecule has 1 aliphatic rings. The van der Waals surface area contributed by atoms with Gasteiger partial charge in [0.1, 0.15) is 0 Å². The molecule has 1 N–H and O–H groups in total. The van der Waals surface area contributed by atoms with Gasteiger partial charge in [0, 0.05) is 6.04 Å². The van der Waals surface area contributed by atoms with E-state index < -0.39 is 0 Å². The Morgan fingerprint density at radius 2 is 1.83 bits per heavy atom. The van der Waals surface area contributed by atoms with Crippen molar-refractivity contribution < 1.29 is 0 Å². The van der Waals surface area contributed by atoms with Crippen LogP contribution in [0.15, 0.2) is 0 Å². The first kappa shape index (κ1) is 10.0. The number of rotatable bonds is 6. The van der Waals surface area contributed by atoms with Gasteiger partial charge < -0.3 is 5.32 Å². The number of hydrogen-bond acceptors (Lipinski definition) is 1. The lowest BCUT2D eigenvalue weighted by molar-refractivity contribution is 0.445. The molecule has 0 heterocycles. The van der Waals surface area contributed by atoms with E-state index in [9.17, 15) is 0 Å². The third kappa shape index (κ3) is 4.76. The van der Waals surface area contributed by atoms with Gasteiger partial charge in [-0.2, -0.15) is 0 Å². The fraction of sp³-hybridized carbons (Fsp3) is 1.00. The third-order valence-electron chi connectivity index (χ3n) is 2.63. The minimum Gasteiger partial charge on any atom is -0.314 e. The van der Waals surface area contributed by atoms with Crippen LogP contribution >= 0.6 is 0 Å². The normalized spacial score (nSPS) is 20.0. The van der Waals surface area contributed by atoms with Crippen LogP contribution < -0.4 is 5.32 Å². The molecule has 1 heteroatoms. The molecule has 0 saturated heterocycles. The molecule has 1 fully saturated rings. The predicted octanol–water partition coefficient (Wildman–Crippen LogP) is 2.81. The molecule has 0 aromatic carbocycles. The van der Waals surface area contributed by atoms with Crippen LogP contribution in [0, 0.1) is 11.8 Å². The zero-order valence-corrected chi connectivity index (χ0v) is 8.77. The molecule has 1 unspecified atom stereocenters. The van der Waals surface area contributed by atoms with Gasteiger partial charge >= 0.3 is 0 Å². The van der Waals surface area contributed by atoms with Crippen molar-refractivity contribution in [3.05, 3.63) is 0 Å². The average Bonchev–Trinajstić information content (AvgIpc) is 2.80. The quantitative estimate of drug-likeness (QED) is 0.644. The van der Waals surface area contributed by atoms with Gasteiger partial charge in [-0.15, -0.1) is 0 Å². The summed E-state index contributed by atoms with van der Waals surface area (Å²) in [6, 6.07) is 0.730. The first-order valence-electron chi connectivity index (χ1n) is 5.42. The summed E-state index contributed by atoms with van der Waals surface area (Å²) in [7, 11) is 0. The van der Waals surface area contributed by atoms with Crippen molar-refractivity contribution in [1.29, 1.82) is 0 Å². The molecular weight excluding hydrogens is 146 g/mol. The molecule has 0 aromatic rings. The highest BCUT2D eigenvalue weighted by atomic mass is 14.9. The average molecular weight is 169 g/mol. The summed E-state index contributed by atoms with van der Waals surface area (Å²) in [6.07, 6.45) is 5.62. The fourth-order valence-electron chi connectivity index (χ4n) is 1.38. The maximum atomic E-state index is 3.60. The second kappa shape index (κ2) is 4.86.